The standard InChI is InChI=1S/C31H40N4O3/c1-24-22-25(14-15-32)6-13-30(24)38-29-11-9-28(10-12-29)37-21-3-16-33-31(36)27-7-4-26(5-8-27)23-35-19-17-34(2)18-20-35/h4-13,22H,3,14-21,23,32H2,1-2H3,(H,33,36). The van der Waals surface area contributed by atoms with Crippen LogP contribution in [0.1, 0.15) is 33.5 Å². The molecule has 1 aliphatic rings. The zero-order valence-corrected chi connectivity index (χ0v) is 22.6. The summed E-state index contributed by atoms with van der Waals surface area (Å²) in [4.78, 5) is 17.3. The summed E-state index contributed by atoms with van der Waals surface area (Å²) >= 11 is 0. The van der Waals surface area contributed by atoms with E-state index < -0.39 is 0 Å². The van der Waals surface area contributed by atoms with Crippen molar-refractivity contribution in [1.82, 2.24) is 15.1 Å². The second-order valence-electron chi connectivity index (χ2n) is 9.95. The van der Waals surface area contributed by atoms with Gasteiger partial charge in [-0.05, 0) is 92.5 Å². The molecule has 1 fully saturated rings. The van der Waals surface area contributed by atoms with Gasteiger partial charge in [0.05, 0.1) is 6.61 Å². The first-order valence-corrected chi connectivity index (χ1v) is 13.5. The van der Waals surface area contributed by atoms with E-state index in [0.717, 1.165) is 68.4 Å². The molecule has 0 unspecified atom stereocenters. The number of piperazine rings is 1. The van der Waals surface area contributed by atoms with Crippen LogP contribution in [0, 0.1) is 6.92 Å². The van der Waals surface area contributed by atoms with Crippen LogP contribution in [-0.2, 0) is 13.0 Å². The number of benzene rings is 3. The molecule has 0 saturated carbocycles. The molecule has 3 aromatic carbocycles. The molecule has 3 aromatic rings. The molecule has 1 amide bonds. The molecule has 0 spiro atoms. The van der Waals surface area contributed by atoms with Crippen molar-refractivity contribution in [1.29, 1.82) is 0 Å². The van der Waals surface area contributed by atoms with E-state index in [1.165, 1.54) is 11.1 Å². The number of rotatable bonds is 12. The third-order valence-corrected chi connectivity index (χ3v) is 6.82. The predicted octanol–water partition coefficient (Wildman–Crippen LogP) is 4.23. The van der Waals surface area contributed by atoms with E-state index in [-0.39, 0.29) is 5.91 Å². The molecule has 202 valence electrons. The van der Waals surface area contributed by atoms with Gasteiger partial charge in [-0.1, -0.05) is 24.3 Å². The van der Waals surface area contributed by atoms with Crippen LogP contribution >= 0.6 is 0 Å². The van der Waals surface area contributed by atoms with Crippen molar-refractivity contribution < 1.29 is 14.3 Å². The number of nitrogens with zero attached hydrogens (tertiary/aromatic N) is 2. The monoisotopic (exact) mass is 516 g/mol. The number of nitrogens with two attached hydrogens (primary N) is 1. The molecule has 38 heavy (non-hydrogen) atoms. The number of amides is 1. The molecular formula is C31H40N4O3. The number of hydrogen-bond donors (Lipinski definition) is 2. The van der Waals surface area contributed by atoms with E-state index >= 15 is 0 Å². The number of hydrogen-bond acceptors (Lipinski definition) is 6. The Morgan fingerprint density at radius 2 is 1.61 bits per heavy atom. The van der Waals surface area contributed by atoms with Gasteiger partial charge >= 0.3 is 0 Å². The molecule has 1 heterocycles. The van der Waals surface area contributed by atoms with Gasteiger partial charge in [0.1, 0.15) is 17.2 Å². The van der Waals surface area contributed by atoms with Crippen molar-refractivity contribution in [3.8, 4) is 17.2 Å². The Morgan fingerprint density at radius 3 is 2.29 bits per heavy atom. The second kappa shape index (κ2) is 14.0. The summed E-state index contributed by atoms with van der Waals surface area (Å²) in [5.74, 6) is 2.31. The largest absolute Gasteiger partial charge is 0.494 e. The van der Waals surface area contributed by atoms with Gasteiger partial charge in [-0.15, -0.1) is 0 Å². The number of nitrogens with one attached hydrogen (secondary N) is 1. The second-order valence-corrected chi connectivity index (χ2v) is 9.95. The molecule has 7 nitrogen and oxygen atoms in total. The summed E-state index contributed by atoms with van der Waals surface area (Å²) in [7, 11) is 2.16. The quantitative estimate of drug-likeness (QED) is 0.351. The third kappa shape index (κ3) is 8.31. The number of aryl methyl sites for hydroxylation is 1. The van der Waals surface area contributed by atoms with Gasteiger partial charge in [0.25, 0.3) is 5.91 Å². The highest BCUT2D eigenvalue weighted by molar-refractivity contribution is 5.94. The van der Waals surface area contributed by atoms with Crippen molar-refractivity contribution >= 4 is 5.91 Å². The summed E-state index contributed by atoms with van der Waals surface area (Å²) in [6.45, 7) is 9.07. The average molecular weight is 517 g/mol. The zero-order chi connectivity index (χ0) is 26.7. The van der Waals surface area contributed by atoms with Gasteiger partial charge in [-0.25, -0.2) is 0 Å². The Kier molecular flexibility index (Phi) is 10.1. The number of likely N-dealkylation sites (N-methyl/N-ethyl adjacent to an activating group) is 1. The summed E-state index contributed by atoms with van der Waals surface area (Å²) in [5, 5.41) is 2.98. The van der Waals surface area contributed by atoms with Crippen LogP contribution in [0.25, 0.3) is 0 Å². The molecule has 7 heteroatoms. The Balaban J connectivity index is 1.14. The predicted molar refractivity (Wildman–Crippen MR) is 152 cm³/mol. The van der Waals surface area contributed by atoms with Crippen LogP contribution in [0.3, 0.4) is 0 Å². The SMILES string of the molecule is Cc1cc(CCN)ccc1Oc1ccc(OCCCNC(=O)c2ccc(CN3CCN(C)CC3)cc2)cc1. The molecule has 0 aromatic heterocycles. The summed E-state index contributed by atoms with van der Waals surface area (Å²) < 4.78 is 11.9. The van der Waals surface area contributed by atoms with E-state index in [0.29, 0.717) is 25.3 Å². The molecule has 0 atom stereocenters. The summed E-state index contributed by atoms with van der Waals surface area (Å²) in [6.07, 6.45) is 1.58. The van der Waals surface area contributed by atoms with Crippen LogP contribution in [0.2, 0.25) is 0 Å². The molecular weight excluding hydrogens is 476 g/mol. The Labute approximate surface area is 226 Å². The Hall–Kier alpha value is -3.39. The molecule has 1 aliphatic heterocycles. The lowest BCUT2D eigenvalue weighted by molar-refractivity contribution is 0.0951. The lowest BCUT2D eigenvalue weighted by Gasteiger charge is -2.32. The van der Waals surface area contributed by atoms with Gasteiger partial charge in [0, 0.05) is 44.8 Å². The van der Waals surface area contributed by atoms with Crippen molar-refractivity contribution in [3.05, 3.63) is 89.0 Å². The topological polar surface area (TPSA) is 80.1 Å². The first-order chi connectivity index (χ1) is 18.5. The van der Waals surface area contributed by atoms with E-state index in [2.05, 4.69) is 46.4 Å². The fraction of sp³-hybridized carbons (Fsp3) is 0.387. The lowest BCUT2D eigenvalue weighted by atomic mass is 10.1. The van der Waals surface area contributed by atoms with E-state index in [1.807, 2.05) is 49.4 Å². The maximum atomic E-state index is 12.5. The number of ether oxygens (including phenoxy) is 2. The van der Waals surface area contributed by atoms with Crippen molar-refractivity contribution in [2.75, 3.05) is 52.9 Å². The number of carbonyl (C=O) groups excluding carboxylic acids is 1. The van der Waals surface area contributed by atoms with Crippen LogP contribution in [0.15, 0.2) is 66.7 Å². The molecule has 1 saturated heterocycles. The van der Waals surface area contributed by atoms with Crippen LogP contribution in [-0.4, -0.2) is 68.6 Å². The highest BCUT2D eigenvalue weighted by Crippen LogP contribution is 2.27. The molecule has 0 radical (unpaired) electrons. The molecule has 0 aliphatic carbocycles. The van der Waals surface area contributed by atoms with Crippen LogP contribution < -0.4 is 20.5 Å². The van der Waals surface area contributed by atoms with Gasteiger partial charge in [-0.3, -0.25) is 9.69 Å². The van der Waals surface area contributed by atoms with Gasteiger partial charge < -0.3 is 25.4 Å². The normalized spacial score (nSPS) is 14.3. The summed E-state index contributed by atoms with van der Waals surface area (Å²) in [6, 6.07) is 21.7. The van der Waals surface area contributed by atoms with Crippen LogP contribution in [0.5, 0.6) is 17.2 Å². The fourth-order valence-corrected chi connectivity index (χ4v) is 4.47. The molecule has 0 bridgehead atoms. The first-order valence-electron chi connectivity index (χ1n) is 13.5. The number of carbonyl (C=O) groups is 1. The minimum Gasteiger partial charge on any atom is -0.494 e. The maximum Gasteiger partial charge on any atom is 0.251 e. The van der Waals surface area contributed by atoms with Crippen molar-refractivity contribution in [3.63, 3.8) is 0 Å². The van der Waals surface area contributed by atoms with Crippen molar-refractivity contribution in [2.45, 2.75) is 26.3 Å². The Morgan fingerprint density at radius 1 is 0.921 bits per heavy atom. The van der Waals surface area contributed by atoms with Gasteiger partial charge in [0.15, 0.2) is 0 Å². The van der Waals surface area contributed by atoms with E-state index in [4.69, 9.17) is 15.2 Å². The van der Waals surface area contributed by atoms with Crippen LogP contribution in [0.4, 0.5) is 0 Å². The highest BCUT2D eigenvalue weighted by atomic mass is 16.5. The lowest BCUT2D eigenvalue weighted by Crippen LogP contribution is -2.43. The van der Waals surface area contributed by atoms with Gasteiger partial charge in [0.2, 0.25) is 0 Å². The fourth-order valence-electron chi connectivity index (χ4n) is 4.47. The minimum absolute atomic E-state index is 0.0518. The maximum absolute atomic E-state index is 12.5. The summed E-state index contributed by atoms with van der Waals surface area (Å²) in [5.41, 5.74) is 9.87. The zero-order valence-electron chi connectivity index (χ0n) is 22.6. The Bertz CT molecular complexity index is 1160. The highest BCUT2D eigenvalue weighted by Gasteiger charge is 2.14. The minimum atomic E-state index is -0.0518. The molecule has 4 rings (SSSR count). The van der Waals surface area contributed by atoms with E-state index in [9.17, 15) is 4.79 Å². The smallest absolute Gasteiger partial charge is 0.251 e. The average Bonchev–Trinajstić information content (AvgIpc) is 2.93. The van der Waals surface area contributed by atoms with Gasteiger partial charge in [-0.2, -0.15) is 0 Å². The molecule has 3 N–H and O–H groups in total. The van der Waals surface area contributed by atoms with E-state index in [1.54, 1.807) is 0 Å². The third-order valence-electron chi connectivity index (χ3n) is 6.82. The van der Waals surface area contributed by atoms with Crippen molar-refractivity contribution in [2.24, 2.45) is 5.73 Å². The first kappa shape index (κ1) is 27.6.